The van der Waals surface area contributed by atoms with Gasteiger partial charge in [0.25, 0.3) is 5.91 Å². The molecule has 1 aliphatic rings. The van der Waals surface area contributed by atoms with E-state index in [1.807, 2.05) is 13.0 Å². The number of rotatable bonds is 5. The minimum absolute atomic E-state index is 0.242. The molecule has 1 amide bonds. The first-order valence-electron chi connectivity index (χ1n) is 7.16. The zero-order valence-electron chi connectivity index (χ0n) is 12.7. The Morgan fingerprint density at radius 1 is 1.65 bits per heavy atom. The molecule has 0 aromatic carbocycles. The summed E-state index contributed by atoms with van der Waals surface area (Å²) in [5.74, 6) is -0.267. The number of H-pyrrole nitrogens is 1. The number of nitriles is 1. The maximum atomic E-state index is 12.1. The lowest BCUT2D eigenvalue weighted by Gasteiger charge is -2.40. The summed E-state index contributed by atoms with van der Waals surface area (Å²) in [5.41, 5.74) is 0.284. The predicted molar refractivity (Wildman–Crippen MR) is 88.4 cm³/mol. The molecule has 0 saturated carbocycles. The molecule has 0 bridgehead atoms. The van der Waals surface area contributed by atoms with Gasteiger partial charge in [-0.25, -0.2) is 0 Å². The molecule has 23 heavy (non-hydrogen) atoms. The largest absolute Gasteiger partial charge is 0.371 e. The third kappa shape index (κ3) is 5.26. The monoisotopic (exact) mass is 356 g/mol. The average Bonchev–Trinajstić information content (AvgIpc) is 3.00. The van der Waals surface area contributed by atoms with Gasteiger partial charge in [0.05, 0.1) is 17.8 Å². The second-order valence-corrected chi connectivity index (χ2v) is 6.63. The highest BCUT2D eigenvalue weighted by Gasteiger charge is 2.32. The summed E-state index contributed by atoms with van der Waals surface area (Å²) in [6, 6.07) is 3.49. The van der Waals surface area contributed by atoms with Crippen LogP contribution in [-0.4, -0.2) is 54.2 Å². The molecule has 1 aromatic rings. The van der Waals surface area contributed by atoms with Gasteiger partial charge in [-0.2, -0.15) is 5.26 Å². The number of nitrogens with zero attached hydrogens (tertiary/aromatic N) is 2. The number of hydrogen-bond acceptors (Lipinski definition) is 4. The molecule has 8 heteroatoms. The van der Waals surface area contributed by atoms with E-state index in [1.54, 1.807) is 6.08 Å². The maximum Gasteiger partial charge on any atom is 0.267 e. The summed E-state index contributed by atoms with van der Waals surface area (Å²) in [4.78, 5) is 17.0. The first-order chi connectivity index (χ1) is 10.9. The molecule has 1 atom stereocenters. The quantitative estimate of drug-likeness (QED) is 0.845. The highest BCUT2D eigenvalue weighted by molar-refractivity contribution is 6.55. The van der Waals surface area contributed by atoms with Gasteiger partial charge in [-0.05, 0) is 19.1 Å². The Labute approximate surface area is 145 Å². The van der Waals surface area contributed by atoms with Crippen molar-refractivity contribution in [1.82, 2.24) is 15.2 Å². The first kappa shape index (κ1) is 17.8. The molecule has 1 fully saturated rings. The SMILES string of the molecule is CC1(CNC(=O)c2cc(C#N)c[nH]2)CN(CC=C(Cl)Cl)CCO1. The molecule has 124 valence electrons. The molecule has 1 aliphatic heterocycles. The Hall–Kier alpha value is -1.52. The van der Waals surface area contributed by atoms with Crippen LogP contribution in [0.5, 0.6) is 0 Å². The summed E-state index contributed by atoms with van der Waals surface area (Å²) >= 11 is 11.3. The van der Waals surface area contributed by atoms with Crippen LogP contribution >= 0.6 is 23.2 Å². The van der Waals surface area contributed by atoms with Crippen molar-refractivity contribution < 1.29 is 9.53 Å². The van der Waals surface area contributed by atoms with Crippen molar-refractivity contribution in [2.75, 3.05) is 32.8 Å². The summed E-state index contributed by atoms with van der Waals surface area (Å²) in [5, 5.41) is 11.6. The van der Waals surface area contributed by atoms with Crippen LogP contribution < -0.4 is 5.32 Å². The first-order valence-corrected chi connectivity index (χ1v) is 7.92. The molecular formula is C15H18Cl2N4O2. The van der Waals surface area contributed by atoms with Crippen LogP contribution in [0, 0.1) is 11.3 Å². The number of carbonyl (C=O) groups excluding carboxylic acids is 1. The molecule has 0 spiro atoms. The van der Waals surface area contributed by atoms with Crippen molar-refractivity contribution in [3.63, 3.8) is 0 Å². The van der Waals surface area contributed by atoms with E-state index >= 15 is 0 Å². The van der Waals surface area contributed by atoms with Gasteiger partial charge in [0.1, 0.15) is 16.3 Å². The van der Waals surface area contributed by atoms with E-state index in [9.17, 15) is 4.79 Å². The standard InChI is InChI=1S/C15H18Cl2N4O2/c1-15(10-21(4-5-23-15)3-2-13(16)17)9-20-14(22)12-6-11(7-18)8-19-12/h2,6,8,19H,3-5,9-10H2,1H3,(H,20,22). The number of aromatic amines is 1. The van der Waals surface area contributed by atoms with Crippen LogP contribution in [0.25, 0.3) is 0 Å². The number of carbonyl (C=O) groups is 1. The molecule has 6 nitrogen and oxygen atoms in total. The smallest absolute Gasteiger partial charge is 0.267 e. The highest BCUT2D eigenvalue weighted by Crippen LogP contribution is 2.18. The second-order valence-electron chi connectivity index (χ2n) is 5.62. The van der Waals surface area contributed by atoms with E-state index in [2.05, 4.69) is 15.2 Å². The van der Waals surface area contributed by atoms with E-state index in [1.165, 1.54) is 12.3 Å². The summed E-state index contributed by atoms with van der Waals surface area (Å²) in [7, 11) is 0. The lowest BCUT2D eigenvalue weighted by atomic mass is 10.0. The van der Waals surface area contributed by atoms with Gasteiger partial charge in [0.15, 0.2) is 0 Å². The number of amides is 1. The van der Waals surface area contributed by atoms with E-state index in [-0.39, 0.29) is 10.4 Å². The third-order valence-electron chi connectivity index (χ3n) is 3.60. The Morgan fingerprint density at radius 2 is 2.43 bits per heavy atom. The molecule has 2 heterocycles. The second kappa shape index (κ2) is 7.84. The fraction of sp³-hybridized carbons (Fsp3) is 0.467. The van der Waals surface area contributed by atoms with Gasteiger partial charge in [0.2, 0.25) is 0 Å². The van der Waals surface area contributed by atoms with Gasteiger partial charge in [0, 0.05) is 32.4 Å². The van der Waals surface area contributed by atoms with Crippen molar-refractivity contribution in [3.8, 4) is 6.07 Å². The van der Waals surface area contributed by atoms with Crippen LogP contribution in [0.15, 0.2) is 22.8 Å². The fourth-order valence-corrected chi connectivity index (χ4v) is 2.57. The lowest BCUT2D eigenvalue weighted by molar-refractivity contribution is -0.0917. The number of aromatic nitrogens is 1. The number of nitrogens with one attached hydrogen (secondary N) is 2. The van der Waals surface area contributed by atoms with Crippen LogP contribution in [0.2, 0.25) is 0 Å². The maximum absolute atomic E-state index is 12.1. The Bertz CT molecular complexity index is 634. The zero-order valence-corrected chi connectivity index (χ0v) is 14.2. The van der Waals surface area contributed by atoms with Crippen LogP contribution in [-0.2, 0) is 4.74 Å². The Morgan fingerprint density at radius 3 is 3.09 bits per heavy atom. The van der Waals surface area contributed by atoms with E-state index < -0.39 is 5.60 Å². The van der Waals surface area contributed by atoms with Crippen LogP contribution in [0.1, 0.15) is 23.0 Å². The third-order valence-corrected chi connectivity index (χ3v) is 3.91. The van der Waals surface area contributed by atoms with E-state index in [0.717, 1.165) is 6.54 Å². The number of halogens is 2. The minimum atomic E-state index is -0.495. The predicted octanol–water partition coefficient (Wildman–Crippen LogP) is 2.03. The Kier molecular flexibility index (Phi) is 6.08. The summed E-state index contributed by atoms with van der Waals surface area (Å²) < 4.78 is 6.05. The molecule has 1 aromatic heterocycles. The lowest BCUT2D eigenvalue weighted by Crippen LogP contribution is -2.55. The molecule has 2 rings (SSSR count). The van der Waals surface area contributed by atoms with Crippen molar-refractivity contribution in [2.45, 2.75) is 12.5 Å². The van der Waals surface area contributed by atoms with Gasteiger partial charge in [-0.15, -0.1) is 0 Å². The number of morpholine rings is 1. The molecule has 1 saturated heterocycles. The fourth-order valence-electron chi connectivity index (χ4n) is 2.43. The van der Waals surface area contributed by atoms with E-state index in [4.69, 9.17) is 33.2 Å². The molecule has 0 radical (unpaired) electrons. The van der Waals surface area contributed by atoms with Crippen molar-refractivity contribution >= 4 is 29.1 Å². The van der Waals surface area contributed by atoms with Gasteiger partial charge in [-0.3, -0.25) is 9.69 Å². The molecule has 0 aliphatic carbocycles. The summed E-state index contributed by atoms with van der Waals surface area (Å²) in [6.45, 7) is 4.95. The Balaban J connectivity index is 1.89. The van der Waals surface area contributed by atoms with Gasteiger partial charge < -0.3 is 15.0 Å². The minimum Gasteiger partial charge on any atom is -0.371 e. The van der Waals surface area contributed by atoms with Crippen molar-refractivity contribution in [2.24, 2.45) is 0 Å². The van der Waals surface area contributed by atoms with Gasteiger partial charge in [-0.1, -0.05) is 23.2 Å². The molecular weight excluding hydrogens is 339 g/mol. The number of ether oxygens (including phenoxy) is 1. The molecule has 1 unspecified atom stereocenters. The van der Waals surface area contributed by atoms with Crippen LogP contribution in [0.4, 0.5) is 0 Å². The van der Waals surface area contributed by atoms with Crippen molar-refractivity contribution in [1.29, 1.82) is 5.26 Å². The van der Waals surface area contributed by atoms with Crippen molar-refractivity contribution in [3.05, 3.63) is 34.1 Å². The molecule has 2 N–H and O–H groups in total. The highest BCUT2D eigenvalue weighted by atomic mass is 35.5. The zero-order chi connectivity index (χ0) is 16.9. The normalized spacial score (nSPS) is 21.5. The number of hydrogen-bond donors (Lipinski definition) is 2. The van der Waals surface area contributed by atoms with Crippen LogP contribution in [0.3, 0.4) is 0 Å². The van der Waals surface area contributed by atoms with E-state index in [0.29, 0.717) is 37.5 Å². The summed E-state index contributed by atoms with van der Waals surface area (Å²) in [6.07, 6.45) is 3.23. The van der Waals surface area contributed by atoms with Gasteiger partial charge >= 0.3 is 0 Å². The average molecular weight is 357 g/mol. The topological polar surface area (TPSA) is 81.2 Å².